The molecule has 2 aliphatic rings. The van der Waals surface area contributed by atoms with E-state index in [9.17, 15) is 14.7 Å². The molecule has 1 saturated heterocycles. The van der Waals surface area contributed by atoms with Crippen molar-refractivity contribution in [3.05, 3.63) is 58.6 Å². The highest BCUT2D eigenvalue weighted by molar-refractivity contribution is 6.30. The molecular formula is C22H24Cl2N2O4. The second-order valence-corrected chi connectivity index (χ2v) is 8.10. The molecule has 160 valence electrons. The normalized spacial score (nSPS) is 20.8. The van der Waals surface area contributed by atoms with Gasteiger partial charge in [0.2, 0.25) is 5.91 Å². The lowest BCUT2D eigenvalue weighted by Gasteiger charge is -2.29. The summed E-state index contributed by atoms with van der Waals surface area (Å²) in [7, 11) is 0. The van der Waals surface area contributed by atoms with E-state index in [2.05, 4.69) is 5.32 Å². The van der Waals surface area contributed by atoms with E-state index in [1.54, 1.807) is 0 Å². The summed E-state index contributed by atoms with van der Waals surface area (Å²) < 4.78 is 5.29. The number of carbonyl (C=O) groups excluding carboxylic acids is 1. The summed E-state index contributed by atoms with van der Waals surface area (Å²) in [6, 6.07) is 13.5. The van der Waals surface area contributed by atoms with Gasteiger partial charge in [-0.3, -0.25) is 9.69 Å². The molecule has 4 rings (SSSR count). The van der Waals surface area contributed by atoms with Gasteiger partial charge in [-0.15, -0.1) is 12.4 Å². The molecule has 0 aromatic heterocycles. The number of rotatable bonds is 5. The molecule has 0 radical (unpaired) electrons. The Hall–Kier alpha value is -2.12. The van der Waals surface area contributed by atoms with Crippen molar-refractivity contribution in [1.29, 1.82) is 0 Å². The SMILES string of the molecule is Cl.O=C(CN1CCOCC1)NC1(C(=O)O)Cc2ccc(-c3ccc(Cl)cc3)cc2C1. The number of ether oxygens (including phenoxy) is 1. The molecule has 8 heteroatoms. The third kappa shape index (κ3) is 4.78. The maximum atomic E-state index is 12.6. The van der Waals surface area contributed by atoms with Crippen molar-refractivity contribution in [2.24, 2.45) is 0 Å². The molecule has 30 heavy (non-hydrogen) atoms. The van der Waals surface area contributed by atoms with E-state index in [-0.39, 0.29) is 37.7 Å². The van der Waals surface area contributed by atoms with Crippen LogP contribution in [0.2, 0.25) is 5.02 Å². The van der Waals surface area contributed by atoms with E-state index in [0.717, 1.165) is 22.3 Å². The number of benzene rings is 2. The van der Waals surface area contributed by atoms with E-state index < -0.39 is 11.5 Å². The van der Waals surface area contributed by atoms with Gasteiger partial charge in [0.25, 0.3) is 0 Å². The summed E-state index contributed by atoms with van der Waals surface area (Å²) in [5.74, 6) is -1.27. The number of carboxylic acids is 1. The lowest BCUT2D eigenvalue weighted by molar-refractivity contribution is -0.147. The molecule has 0 spiro atoms. The van der Waals surface area contributed by atoms with Crippen LogP contribution in [0.4, 0.5) is 0 Å². The number of nitrogens with one attached hydrogen (secondary N) is 1. The van der Waals surface area contributed by atoms with Crippen LogP contribution in [0.5, 0.6) is 0 Å². The van der Waals surface area contributed by atoms with Crippen LogP contribution in [0.1, 0.15) is 11.1 Å². The maximum Gasteiger partial charge on any atom is 0.330 e. The second kappa shape index (κ2) is 9.35. The summed E-state index contributed by atoms with van der Waals surface area (Å²) in [6.07, 6.45) is 0.557. The Kier molecular flexibility index (Phi) is 7.03. The number of amides is 1. The van der Waals surface area contributed by atoms with Crippen molar-refractivity contribution >= 4 is 35.9 Å². The standard InChI is InChI=1S/C22H23ClN2O4.ClH/c23-19-5-3-15(4-6-19)16-1-2-17-12-22(21(27)28,13-18(17)11-16)24-20(26)14-25-7-9-29-10-8-25;/h1-6,11H,7-10,12-14H2,(H,24,26)(H,27,28);1H. The maximum absolute atomic E-state index is 12.6. The molecule has 1 amide bonds. The zero-order chi connectivity index (χ0) is 20.4. The minimum Gasteiger partial charge on any atom is -0.479 e. The fourth-order valence-electron chi connectivity index (χ4n) is 4.06. The van der Waals surface area contributed by atoms with Crippen molar-refractivity contribution in [2.75, 3.05) is 32.8 Å². The Morgan fingerprint density at radius 2 is 1.67 bits per heavy atom. The van der Waals surface area contributed by atoms with E-state index in [1.807, 2.05) is 47.4 Å². The van der Waals surface area contributed by atoms with E-state index in [0.29, 0.717) is 31.3 Å². The van der Waals surface area contributed by atoms with Crippen LogP contribution in [0.25, 0.3) is 11.1 Å². The van der Waals surface area contributed by atoms with Crippen molar-refractivity contribution in [3.63, 3.8) is 0 Å². The summed E-state index contributed by atoms with van der Waals surface area (Å²) in [5, 5.41) is 13.4. The van der Waals surface area contributed by atoms with Gasteiger partial charge in [0, 0.05) is 31.0 Å². The van der Waals surface area contributed by atoms with Gasteiger partial charge in [-0.1, -0.05) is 41.9 Å². The summed E-state index contributed by atoms with van der Waals surface area (Å²) >= 11 is 5.97. The molecular weight excluding hydrogens is 427 g/mol. The van der Waals surface area contributed by atoms with Crippen molar-refractivity contribution in [3.8, 4) is 11.1 Å². The predicted octanol–water partition coefficient (Wildman–Crippen LogP) is 2.80. The van der Waals surface area contributed by atoms with Crippen LogP contribution in [0.3, 0.4) is 0 Å². The average Bonchev–Trinajstić information content (AvgIpc) is 3.07. The van der Waals surface area contributed by atoms with Crippen LogP contribution >= 0.6 is 24.0 Å². The largest absolute Gasteiger partial charge is 0.479 e. The van der Waals surface area contributed by atoms with Gasteiger partial charge in [-0.25, -0.2) is 4.79 Å². The first-order valence-corrected chi connectivity index (χ1v) is 10.1. The number of nitrogens with zero attached hydrogens (tertiary/aromatic N) is 1. The van der Waals surface area contributed by atoms with Crippen LogP contribution in [-0.2, 0) is 27.2 Å². The smallest absolute Gasteiger partial charge is 0.330 e. The molecule has 2 aromatic rings. The van der Waals surface area contributed by atoms with Gasteiger partial charge in [0.15, 0.2) is 0 Å². The first kappa shape index (κ1) is 22.6. The molecule has 0 bridgehead atoms. The zero-order valence-electron chi connectivity index (χ0n) is 16.4. The molecule has 1 aliphatic carbocycles. The highest BCUT2D eigenvalue weighted by Crippen LogP contribution is 2.34. The fraction of sp³-hybridized carbons (Fsp3) is 0.364. The van der Waals surface area contributed by atoms with Gasteiger partial charge in [0.1, 0.15) is 5.54 Å². The summed E-state index contributed by atoms with van der Waals surface area (Å²) in [6.45, 7) is 2.73. The third-order valence-electron chi connectivity index (χ3n) is 5.63. The number of carbonyl (C=O) groups is 2. The van der Waals surface area contributed by atoms with Crippen LogP contribution < -0.4 is 5.32 Å². The van der Waals surface area contributed by atoms with Gasteiger partial charge in [-0.05, 0) is 34.4 Å². The number of hydrogen-bond acceptors (Lipinski definition) is 4. The predicted molar refractivity (Wildman–Crippen MR) is 117 cm³/mol. The third-order valence-corrected chi connectivity index (χ3v) is 5.88. The summed E-state index contributed by atoms with van der Waals surface area (Å²) in [5.41, 5.74) is 2.62. The monoisotopic (exact) mass is 450 g/mol. The van der Waals surface area contributed by atoms with Gasteiger partial charge in [0.05, 0.1) is 19.8 Å². The van der Waals surface area contributed by atoms with Gasteiger partial charge >= 0.3 is 5.97 Å². The highest BCUT2D eigenvalue weighted by atomic mass is 35.5. The van der Waals surface area contributed by atoms with E-state index >= 15 is 0 Å². The molecule has 1 fully saturated rings. The van der Waals surface area contributed by atoms with Crippen molar-refractivity contribution < 1.29 is 19.4 Å². The minimum absolute atomic E-state index is 0. The zero-order valence-corrected chi connectivity index (χ0v) is 18.0. The van der Waals surface area contributed by atoms with Gasteiger partial charge in [-0.2, -0.15) is 0 Å². The first-order valence-electron chi connectivity index (χ1n) is 9.67. The number of aliphatic carboxylic acids is 1. The van der Waals surface area contributed by atoms with Gasteiger partial charge < -0.3 is 15.2 Å². The fourth-order valence-corrected chi connectivity index (χ4v) is 4.19. The Morgan fingerprint density at radius 1 is 1.03 bits per heavy atom. The topological polar surface area (TPSA) is 78.9 Å². The Labute approximate surface area is 186 Å². The van der Waals surface area contributed by atoms with E-state index in [4.69, 9.17) is 16.3 Å². The average molecular weight is 451 g/mol. The Morgan fingerprint density at radius 3 is 2.33 bits per heavy atom. The quantitative estimate of drug-likeness (QED) is 0.731. The molecule has 2 aromatic carbocycles. The molecule has 2 N–H and O–H groups in total. The number of halogens is 2. The van der Waals surface area contributed by atoms with Crippen molar-refractivity contribution in [2.45, 2.75) is 18.4 Å². The first-order chi connectivity index (χ1) is 13.9. The number of morpholine rings is 1. The lowest BCUT2D eigenvalue weighted by atomic mass is 9.95. The molecule has 0 saturated carbocycles. The molecule has 1 atom stereocenters. The second-order valence-electron chi connectivity index (χ2n) is 7.67. The highest BCUT2D eigenvalue weighted by Gasteiger charge is 2.45. The molecule has 1 unspecified atom stereocenters. The van der Waals surface area contributed by atoms with Crippen LogP contribution in [0, 0.1) is 0 Å². The summed E-state index contributed by atoms with van der Waals surface area (Å²) in [4.78, 5) is 26.7. The minimum atomic E-state index is -1.30. The number of fused-ring (bicyclic) bond motifs is 1. The Balaban J connectivity index is 0.00000256. The van der Waals surface area contributed by atoms with Crippen LogP contribution in [-0.4, -0.2) is 60.3 Å². The Bertz CT molecular complexity index is 929. The van der Waals surface area contributed by atoms with Crippen molar-refractivity contribution in [1.82, 2.24) is 10.2 Å². The number of hydrogen-bond donors (Lipinski definition) is 2. The lowest BCUT2D eigenvalue weighted by Crippen LogP contribution is -2.57. The molecule has 6 nitrogen and oxygen atoms in total. The van der Waals surface area contributed by atoms with Crippen LogP contribution in [0.15, 0.2) is 42.5 Å². The molecule has 1 aliphatic heterocycles. The number of carboxylic acid groups (broad SMARTS) is 1. The molecule has 1 heterocycles. The van der Waals surface area contributed by atoms with E-state index in [1.165, 1.54) is 0 Å².